The highest BCUT2D eigenvalue weighted by Gasteiger charge is 2.26. The van der Waals surface area contributed by atoms with Crippen molar-refractivity contribution in [2.75, 3.05) is 0 Å². The Morgan fingerprint density at radius 3 is 1.68 bits per heavy atom. The zero-order valence-corrected chi connectivity index (χ0v) is 33.3. The SMILES string of the molecule is c1ccc2cc(C3=NC(c4ccc(-c5cccc6oc7cc(-c8ccc9ccccc9c8)ccc7c56)c5ccccc45)N=C(c4cccc5oc6ccccc6c45)N3)ccc2c1. The molecule has 10 aromatic carbocycles. The molecule has 12 aromatic rings. The van der Waals surface area contributed by atoms with Crippen LogP contribution in [0.2, 0.25) is 0 Å². The molecule has 0 fully saturated rings. The summed E-state index contributed by atoms with van der Waals surface area (Å²) in [4.78, 5) is 10.8. The predicted octanol–water partition coefficient (Wildman–Crippen LogP) is 14.8. The van der Waals surface area contributed by atoms with Gasteiger partial charge in [0.2, 0.25) is 0 Å². The number of aliphatic imine (C=N–C) groups is 2. The Morgan fingerprint density at radius 2 is 0.887 bits per heavy atom. The number of hydrogen-bond acceptors (Lipinski definition) is 5. The third-order valence-electron chi connectivity index (χ3n) is 12.5. The lowest BCUT2D eigenvalue weighted by atomic mass is 9.91. The van der Waals surface area contributed by atoms with Crippen molar-refractivity contribution in [3.63, 3.8) is 0 Å². The Bertz CT molecular complexity index is 3870. The molecule has 0 aliphatic carbocycles. The molecule has 1 unspecified atom stereocenters. The van der Waals surface area contributed by atoms with Gasteiger partial charge < -0.3 is 14.2 Å². The van der Waals surface area contributed by atoms with E-state index in [-0.39, 0.29) is 0 Å². The molecule has 0 bridgehead atoms. The maximum atomic E-state index is 6.63. The number of furan rings is 2. The van der Waals surface area contributed by atoms with E-state index in [0.29, 0.717) is 0 Å². The minimum absolute atomic E-state index is 0.529. The van der Waals surface area contributed by atoms with Crippen LogP contribution in [0.3, 0.4) is 0 Å². The van der Waals surface area contributed by atoms with E-state index in [9.17, 15) is 0 Å². The van der Waals surface area contributed by atoms with Crippen molar-refractivity contribution in [1.29, 1.82) is 0 Å². The van der Waals surface area contributed by atoms with E-state index >= 15 is 0 Å². The van der Waals surface area contributed by atoms with Gasteiger partial charge in [-0.05, 0) is 97.0 Å². The highest BCUT2D eigenvalue weighted by atomic mass is 16.3. The Morgan fingerprint density at radius 1 is 0.339 bits per heavy atom. The first-order valence-corrected chi connectivity index (χ1v) is 21.0. The third kappa shape index (κ3) is 5.49. The number of benzene rings is 10. The quantitative estimate of drug-likeness (QED) is 0.189. The van der Waals surface area contributed by atoms with E-state index in [0.717, 1.165) is 111 Å². The molecule has 1 N–H and O–H groups in total. The molecule has 2 aromatic heterocycles. The van der Waals surface area contributed by atoms with Crippen LogP contribution in [-0.2, 0) is 0 Å². The van der Waals surface area contributed by atoms with Crippen LogP contribution in [0.5, 0.6) is 0 Å². The topological polar surface area (TPSA) is 63.0 Å². The van der Waals surface area contributed by atoms with Gasteiger partial charge in [0, 0.05) is 38.2 Å². The first-order chi connectivity index (χ1) is 30.7. The van der Waals surface area contributed by atoms with E-state index in [1.165, 1.54) is 16.2 Å². The molecule has 1 aliphatic heterocycles. The molecule has 5 heteroatoms. The number of nitrogens with zero attached hydrogens (tertiary/aromatic N) is 2. The van der Waals surface area contributed by atoms with Crippen molar-refractivity contribution in [2.24, 2.45) is 9.98 Å². The van der Waals surface area contributed by atoms with Gasteiger partial charge in [0.15, 0.2) is 6.17 Å². The van der Waals surface area contributed by atoms with Crippen LogP contribution in [0.4, 0.5) is 0 Å². The highest BCUT2D eigenvalue weighted by molar-refractivity contribution is 6.24. The first-order valence-electron chi connectivity index (χ1n) is 21.0. The monoisotopic (exact) mass is 793 g/mol. The molecule has 0 spiro atoms. The lowest BCUT2D eigenvalue weighted by molar-refractivity contribution is 0.668. The molecule has 0 saturated heterocycles. The minimum Gasteiger partial charge on any atom is -0.456 e. The average Bonchev–Trinajstić information content (AvgIpc) is 3.92. The summed E-state index contributed by atoms with van der Waals surface area (Å²) in [5.41, 5.74) is 10.9. The lowest BCUT2D eigenvalue weighted by Gasteiger charge is -2.24. The van der Waals surface area contributed by atoms with Gasteiger partial charge in [0.25, 0.3) is 0 Å². The van der Waals surface area contributed by atoms with E-state index in [1.807, 2.05) is 24.3 Å². The third-order valence-corrected chi connectivity index (χ3v) is 12.5. The zero-order chi connectivity index (χ0) is 40.7. The van der Waals surface area contributed by atoms with Gasteiger partial charge in [-0.1, -0.05) is 158 Å². The van der Waals surface area contributed by atoms with Crippen molar-refractivity contribution in [3.05, 3.63) is 217 Å². The summed E-state index contributed by atoms with van der Waals surface area (Å²) in [5, 5.41) is 15.0. The maximum absolute atomic E-state index is 6.63. The minimum atomic E-state index is -0.529. The maximum Gasteiger partial charge on any atom is 0.170 e. The van der Waals surface area contributed by atoms with Crippen LogP contribution in [-0.4, -0.2) is 11.7 Å². The second-order valence-corrected chi connectivity index (χ2v) is 16.1. The van der Waals surface area contributed by atoms with Crippen molar-refractivity contribution >= 4 is 87.9 Å². The van der Waals surface area contributed by atoms with E-state index in [4.69, 9.17) is 18.8 Å². The van der Waals surface area contributed by atoms with Crippen molar-refractivity contribution in [2.45, 2.75) is 6.17 Å². The first kappa shape index (κ1) is 34.6. The number of fused-ring (bicyclic) bond motifs is 9. The van der Waals surface area contributed by atoms with Crippen LogP contribution >= 0.6 is 0 Å². The molecule has 290 valence electrons. The molecule has 0 amide bonds. The molecule has 1 aliphatic rings. The predicted molar refractivity (Wildman–Crippen MR) is 256 cm³/mol. The Balaban J connectivity index is 0.969. The average molecular weight is 794 g/mol. The normalized spacial score (nSPS) is 14.3. The summed E-state index contributed by atoms with van der Waals surface area (Å²) in [7, 11) is 0. The summed E-state index contributed by atoms with van der Waals surface area (Å²) in [6.45, 7) is 0. The zero-order valence-electron chi connectivity index (χ0n) is 33.3. The van der Waals surface area contributed by atoms with Gasteiger partial charge in [0.1, 0.15) is 34.0 Å². The molecule has 5 nitrogen and oxygen atoms in total. The molecular formula is C57H35N3O2. The smallest absolute Gasteiger partial charge is 0.170 e. The number of para-hydroxylation sites is 1. The summed E-state index contributed by atoms with van der Waals surface area (Å²) < 4.78 is 13.0. The largest absolute Gasteiger partial charge is 0.456 e. The molecule has 1 atom stereocenters. The summed E-state index contributed by atoms with van der Waals surface area (Å²) in [6.07, 6.45) is -0.529. The summed E-state index contributed by atoms with van der Waals surface area (Å²) in [5.74, 6) is 1.51. The van der Waals surface area contributed by atoms with Gasteiger partial charge in [0.05, 0.1) is 0 Å². The second kappa shape index (κ2) is 13.6. The van der Waals surface area contributed by atoms with Crippen molar-refractivity contribution in [1.82, 2.24) is 5.32 Å². The van der Waals surface area contributed by atoms with E-state index in [1.54, 1.807) is 0 Å². The Labute approximate surface area is 355 Å². The summed E-state index contributed by atoms with van der Waals surface area (Å²) in [6, 6.07) is 70.5. The van der Waals surface area contributed by atoms with Gasteiger partial charge in [-0.3, -0.25) is 0 Å². The molecule has 0 saturated carbocycles. The molecule has 3 heterocycles. The van der Waals surface area contributed by atoms with E-state index < -0.39 is 6.17 Å². The van der Waals surface area contributed by atoms with Crippen molar-refractivity contribution < 1.29 is 8.83 Å². The fourth-order valence-electron chi connectivity index (χ4n) is 9.56. The fourth-order valence-corrected chi connectivity index (χ4v) is 9.56. The van der Waals surface area contributed by atoms with Gasteiger partial charge in [-0.25, -0.2) is 9.98 Å². The fraction of sp³-hybridized carbons (Fsp3) is 0.0175. The number of hydrogen-bond donors (Lipinski definition) is 1. The van der Waals surface area contributed by atoms with Crippen LogP contribution in [0.25, 0.3) is 98.4 Å². The Kier molecular flexibility index (Phi) is 7.60. The van der Waals surface area contributed by atoms with Crippen molar-refractivity contribution in [3.8, 4) is 22.3 Å². The second-order valence-electron chi connectivity index (χ2n) is 16.1. The van der Waals surface area contributed by atoms with Crippen LogP contribution in [0.1, 0.15) is 22.9 Å². The van der Waals surface area contributed by atoms with Crippen LogP contribution in [0.15, 0.2) is 219 Å². The molecule has 62 heavy (non-hydrogen) atoms. The number of amidine groups is 2. The standard InChI is InChI=1S/C57H35N3O2/c1-3-13-36-31-38(25-23-34(36)11-1)39-27-28-47-52(33-39)62-50-21-9-18-44(53(47)50)43-29-30-45(42-16-6-5-15-41(42)43)56-58-55(40-26-24-35-12-2-4-14-37(35)32-40)59-57(60-56)48-19-10-22-51-54(48)46-17-7-8-20-49(46)61-51/h1-33,56H,(H,58,59,60). The highest BCUT2D eigenvalue weighted by Crippen LogP contribution is 2.43. The molecule has 13 rings (SSSR count). The number of rotatable bonds is 5. The van der Waals surface area contributed by atoms with Gasteiger partial charge in [-0.15, -0.1) is 0 Å². The van der Waals surface area contributed by atoms with Crippen LogP contribution < -0.4 is 5.32 Å². The van der Waals surface area contributed by atoms with Gasteiger partial charge in [-0.2, -0.15) is 0 Å². The van der Waals surface area contributed by atoms with Gasteiger partial charge >= 0.3 is 0 Å². The molecule has 0 radical (unpaired) electrons. The molecular weight excluding hydrogens is 759 g/mol. The lowest BCUT2D eigenvalue weighted by Crippen LogP contribution is -2.36. The number of nitrogens with one attached hydrogen (secondary N) is 1. The Hall–Kier alpha value is -8.28. The van der Waals surface area contributed by atoms with E-state index in [2.05, 4.69) is 181 Å². The summed E-state index contributed by atoms with van der Waals surface area (Å²) >= 11 is 0. The van der Waals surface area contributed by atoms with Crippen LogP contribution in [0, 0.1) is 0 Å².